The van der Waals surface area contributed by atoms with Crippen LogP contribution in [0.15, 0.2) is 35.9 Å². The van der Waals surface area contributed by atoms with Crippen molar-refractivity contribution < 1.29 is 9.90 Å². The molecule has 0 bridgehead atoms. The summed E-state index contributed by atoms with van der Waals surface area (Å²) >= 11 is 0. The Labute approximate surface area is 187 Å². The maximum atomic E-state index is 12.2. The lowest BCUT2D eigenvalue weighted by Gasteiger charge is -2.58. The second kappa shape index (κ2) is 7.63. The topological polar surface area (TPSA) is 37.3 Å². The van der Waals surface area contributed by atoms with Crippen molar-refractivity contribution in [1.29, 1.82) is 0 Å². The quantitative estimate of drug-likeness (QED) is 0.615. The van der Waals surface area contributed by atoms with E-state index in [0.717, 1.165) is 44.9 Å². The molecule has 5 rings (SSSR count). The van der Waals surface area contributed by atoms with Crippen LogP contribution < -0.4 is 0 Å². The van der Waals surface area contributed by atoms with Gasteiger partial charge in [-0.25, -0.2) is 0 Å². The summed E-state index contributed by atoms with van der Waals surface area (Å²) in [5, 5.41) is 11.7. The van der Waals surface area contributed by atoms with E-state index in [0.29, 0.717) is 41.8 Å². The smallest absolute Gasteiger partial charge is 0.155 e. The van der Waals surface area contributed by atoms with Crippen molar-refractivity contribution in [3.8, 4) is 11.8 Å². The molecule has 0 unspecified atom stereocenters. The maximum Gasteiger partial charge on any atom is 0.155 e. The predicted molar refractivity (Wildman–Crippen MR) is 124 cm³/mol. The highest BCUT2D eigenvalue weighted by molar-refractivity contribution is 5.91. The van der Waals surface area contributed by atoms with Crippen LogP contribution in [0.3, 0.4) is 0 Å². The van der Waals surface area contributed by atoms with E-state index in [2.05, 4.69) is 50.0 Å². The first-order valence-corrected chi connectivity index (χ1v) is 12.4. The first kappa shape index (κ1) is 21.0. The zero-order valence-electron chi connectivity index (χ0n) is 19.3. The fourth-order valence-electron chi connectivity index (χ4n) is 8.07. The molecular formula is C29H36O2. The lowest BCUT2D eigenvalue weighted by molar-refractivity contribution is -0.117. The van der Waals surface area contributed by atoms with Gasteiger partial charge in [0.25, 0.3) is 0 Å². The summed E-state index contributed by atoms with van der Waals surface area (Å²) in [6.45, 7) is 6.39. The molecule has 1 aromatic rings. The van der Waals surface area contributed by atoms with Crippen molar-refractivity contribution in [3.63, 3.8) is 0 Å². The molecule has 4 aliphatic rings. The summed E-state index contributed by atoms with van der Waals surface area (Å²) in [6, 6.07) is 9.26. The zero-order chi connectivity index (χ0) is 21.8. The Kier molecular flexibility index (Phi) is 5.17. The minimum atomic E-state index is -0.877. The van der Waals surface area contributed by atoms with Crippen molar-refractivity contribution in [3.05, 3.63) is 47.0 Å². The Bertz CT molecular complexity index is 961. The van der Waals surface area contributed by atoms with Crippen molar-refractivity contribution >= 4 is 5.78 Å². The largest absolute Gasteiger partial charge is 0.377 e. The van der Waals surface area contributed by atoms with E-state index >= 15 is 0 Å². The van der Waals surface area contributed by atoms with Crippen molar-refractivity contribution in [2.24, 2.45) is 29.1 Å². The molecule has 31 heavy (non-hydrogen) atoms. The normalized spacial score (nSPS) is 41.4. The minimum Gasteiger partial charge on any atom is -0.377 e. The maximum absolute atomic E-state index is 12.2. The summed E-state index contributed by atoms with van der Waals surface area (Å²) in [6.07, 6.45) is 9.84. The lowest BCUT2D eigenvalue weighted by atomic mass is 9.46. The lowest BCUT2D eigenvalue weighted by Crippen LogP contribution is -2.54. The van der Waals surface area contributed by atoms with E-state index in [1.54, 1.807) is 0 Å². The number of carbonyl (C=O) groups is 1. The molecule has 0 radical (unpaired) electrons. The first-order valence-electron chi connectivity index (χ1n) is 12.4. The van der Waals surface area contributed by atoms with Crippen LogP contribution in [0.1, 0.15) is 82.8 Å². The zero-order valence-corrected chi connectivity index (χ0v) is 19.3. The van der Waals surface area contributed by atoms with Crippen LogP contribution in [-0.4, -0.2) is 16.5 Å². The van der Waals surface area contributed by atoms with Gasteiger partial charge in [0.15, 0.2) is 5.78 Å². The Morgan fingerprint density at radius 1 is 1.10 bits per heavy atom. The Morgan fingerprint density at radius 3 is 2.58 bits per heavy atom. The Hall–Kier alpha value is -1.85. The van der Waals surface area contributed by atoms with Crippen LogP contribution in [0.2, 0.25) is 0 Å². The van der Waals surface area contributed by atoms with E-state index in [-0.39, 0.29) is 5.41 Å². The molecular weight excluding hydrogens is 380 g/mol. The third-order valence-corrected chi connectivity index (χ3v) is 9.60. The number of aryl methyl sites for hydroxylation is 1. The SMILES string of the molecule is CC#C[C@]1(O)CC[C@H]2[C@@H]3CCC4=CC(=O)CC[C@@H]4[C@H]3[C@@H](c3ccc(CC)cc3)C[C@@]21C. The number of allylic oxidation sites excluding steroid dienone is 1. The molecule has 0 saturated heterocycles. The molecule has 0 amide bonds. The monoisotopic (exact) mass is 416 g/mol. The fourth-order valence-corrected chi connectivity index (χ4v) is 8.07. The number of hydrogen-bond donors (Lipinski definition) is 1. The molecule has 0 aliphatic heterocycles. The van der Waals surface area contributed by atoms with E-state index in [1.165, 1.54) is 16.7 Å². The van der Waals surface area contributed by atoms with Crippen LogP contribution in [0.4, 0.5) is 0 Å². The highest BCUT2D eigenvalue weighted by atomic mass is 16.3. The highest BCUT2D eigenvalue weighted by Gasteiger charge is 2.64. The summed E-state index contributed by atoms with van der Waals surface area (Å²) in [7, 11) is 0. The van der Waals surface area contributed by atoms with Crippen LogP contribution >= 0.6 is 0 Å². The van der Waals surface area contributed by atoms with Crippen molar-refractivity contribution in [1.82, 2.24) is 0 Å². The first-order chi connectivity index (χ1) is 14.9. The molecule has 4 aliphatic carbocycles. The molecule has 0 aromatic heterocycles. The van der Waals surface area contributed by atoms with E-state index < -0.39 is 5.60 Å². The third-order valence-electron chi connectivity index (χ3n) is 9.60. The molecule has 164 valence electrons. The Balaban J connectivity index is 1.61. The van der Waals surface area contributed by atoms with Gasteiger partial charge in [0.05, 0.1) is 0 Å². The predicted octanol–water partition coefficient (Wildman–Crippen LogP) is 5.84. The minimum absolute atomic E-state index is 0.170. The number of hydrogen-bond acceptors (Lipinski definition) is 2. The van der Waals surface area contributed by atoms with Gasteiger partial charge >= 0.3 is 0 Å². The summed E-state index contributed by atoms with van der Waals surface area (Å²) in [5.74, 6) is 9.29. The molecule has 1 N–H and O–H groups in total. The molecule has 1 aromatic carbocycles. The summed E-state index contributed by atoms with van der Waals surface area (Å²) in [4.78, 5) is 12.2. The number of benzene rings is 1. The van der Waals surface area contributed by atoms with Crippen molar-refractivity contribution in [2.75, 3.05) is 0 Å². The number of fused-ring (bicyclic) bond motifs is 5. The second-order valence-electron chi connectivity index (χ2n) is 10.8. The third kappa shape index (κ3) is 3.15. The van der Waals surface area contributed by atoms with Crippen LogP contribution in [0.5, 0.6) is 0 Å². The van der Waals surface area contributed by atoms with Gasteiger partial charge in [-0.05, 0) is 98.7 Å². The molecule has 7 atom stereocenters. The van der Waals surface area contributed by atoms with Gasteiger partial charge < -0.3 is 5.11 Å². The van der Waals surface area contributed by atoms with Gasteiger partial charge in [0.1, 0.15) is 5.60 Å². The fraction of sp³-hybridized carbons (Fsp3) is 0.621. The van der Waals surface area contributed by atoms with Gasteiger partial charge in [-0.1, -0.05) is 49.6 Å². The van der Waals surface area contributed by atoms with E-state index in [4.69, 9.17) is 0 Å². The molecule has 3 saturated carbocycles. The summed E-state index contributed by atoms with van der Waals surface area (Å²) in [5.41, 5.74) is 3.16. The molecule has 0 heterocycles. The van der Waals surface area contributed by atoms with E-state index in [9.17, 15) is 9.90 Å². The highest BCUT2D eigenvalue weighted by Crippen LogP contribution is 2.68. The average Bonchev–Trinajstić information content (AvgIpc) is 3.03. The van der Waals surface area contributed by atoms with Gasteiger partial charge in [0, 0.05) is 11.8 Å². The van der Waals surface area contributed by atoms with Crippen LogP contribution in [0, 0.1) is 40.9 Å². The van der Waals surface area contributed by atoms with Crippen LogP contribution in [-0.2, 0) is 11.2 Å². The van der Waals surface area contributed by atoms with Gasteiger partial charge in [0.2, 0.25) is 0 Å². The molecule has 0 spiro atoms. The molecule has 3 fully saturated rings. The van der Waals surface area contributed by atoms with Gasteiger partial charge in [-0.15, -0.1) is 5.92 Å². The number of aliphatic hydroxyl groups is 1. The van der Waals surface area contributed by atoms with Crippen LogP contribution in [0.25, 0.3) is 0 Å². The second-order valence-corrected chi connectivity index (χ2v) is 10.8. The Morgan fingerprint density at radius 2 is 1.87 bits per heavy atom. The number of ketones is 1. The average molecular weight is 417 g/mol. The van der Waals surface area contributed by atoms with Crippen molar-refractivity contribution in [2.45, 2.75) is 83.7 Å². The molecule has 2 heteroatoms. The van der Waals surface area contributed by atoms with Gasteiger partial charge in [-0.2, -0.15) is 0 Å². The number of rotatable bonds is 2. The number of carbonyl (C=O) groups excluding carboxylic acids is 1. The van der Waals surface area contributed by atoms with Gasteiger partial charge in [-0.3, -0.25) is 4.79 Å². The van der Waals surface area contributed by atoms with E-state index in [1.807, 2.05) is 13.0 Å². The summed E-state index contributed by atoms with van der Waals surface area (Å²) < 4.78 is 0. The standard InChI is InChI=1S/C29H36O2/c1-4-15-29(31)16-14-26-24-12-10-21-17-22(30)11-13-23(21)27(24)25(18-28(26,29)3)20-8-6-19(5-2)7-9-20/h6-9,17,23-27,31H,5,10-14,16,18H2,1-3H3/t23-,24-,25+,26-,27+,28-,29-/m0/s1. The molecule has 2 nitrogen and oxygen atoms in total.